The summed E-state index contributed by atoms with van der Waals surface area (Å²) in [5, 5.41) is 8.78. The summed E-state index contributed by atoms with van der Waals surface area (Å²) in [6.45, 7) is 1.58. The molecule has 11 heavy (non-hydrogen) atoms. The molecule has 61 valence electrons. The van der Waals surface area contributed by atoms with E-state index >= 15 is 0 Å². The zero-order chi connectivity index (χ0) is 7.40. The maximum absolute atomic E-state index is 8.78. The molecule has 2 nitrogen and oxygen atoms in total. The molecular weight excluding hydrogens is 140 g/mol. The van der Waals surface area contributed by atoms with Gasteiger partial charge in [-0.2, -0.15) is 0 Å². The van der Waals surface area contributed by atoms with E-state index in [1.165, 1.54) is 0 Å². The van der Waals surface area contributed by atoms with Gasteiger partial charge in [0.1, 0.15) is 5.75 Å². The third kappa shape index (κ3) is 3.63. The second-order valence-corrected chi connectivity index (χ2v) is 2.03. The Morgan fingerprint density at radius 3 is 2.27 bits per heavy atom. The van der Waals surface area contributed by atoms with E-state index in [9.17, 15) is 0 Å². The summed E-state index contributed by atoms with van der Waals surface area (Å²) < 4.78 is 4.97. The number of hydrogen-bond acceptors (Lipinski definition) is 2. The summed E-state index contributed by atoms with van der Waals surface area (Å²) in [5.41, 5.74) is 0. The van der Waals surface area contributed by atoms with Gasteiger partial charge in [-0.3, -0.25) is 0 Å². The molecule has 0 bridgehead atoms. The fourth-order valence-corrected chi connectivity index (χ4v) is 0.696. The normalized spacial score (nSPS) is 11.5. The van der Waals surface area contributed by atoms with Crippen molar-refractivity contribution < 1.29 is 9.84 Å². The second-order valence-electron chi connectivity index (χ2n) is 2.03. The van der Waals surface area contributed by atoms with Gasteiger partial charge in [0.25, 0.3) is 0 Å². The van der Waals surface area contributed by atoms with Gasteiger partial charge in [0.15, 0.2) is 6.29 Å². The maximum atomic E-state index is 8.78. The van der Waals surface area contributed by atoms with Crippen LogP contribution in [0.3, 0.4) is 0 Å². The Morgan fingerprint density at radius 1 is 1.27 bits per heavy atom. The molecule has 1 aromatic rings. The van der Waals surface area contributed by atoms with Gasteiger partial charge < -0.3 is 9.84 Å². The van der Waals surface area contributed by atoms with Crippen molar-refractivity contribution in [2.75, 3.05) is 0 Å². The number of aliphatic hydroxyl groups excluding tert-OH is 1. The molecule has 0 aliphatic rings. The lowest BCUT2D eigenvalue weighted by Crippen LogP contribution is -2.08. The van der Waals surface area contributed by atoms with Crippen LogP contribution in [0, 0.1) is 7.43 Å². The molecule has 1 rings (SSSR count). The Balaban J connectivity index is 0.000001000. The summed E-state index contributed by atoms with van der Waals surface area (Å²) in [6, 6.07) is 9.21. The number of aliphatic hydroxyl groups is 1. The topological polar surface area (TPSA) is 29.5 Å². The standard InChI is InChI=1S/C8H10O2.CH3/c1-7(9)10-8-5-3-2-4-6-8;/h2-7,9H,1H3;1H3. The van der Waals surface area contributed by atoms with Crippen molar-refractivity contribution in [2.24, 2.45) is 0 Å². The number of benzene rings is 1. The first-order chi connectivity index (χ1) is 4.79. The Kier molecular flexibility index (Phi) is 4.30. The van der Waals surface area contributed by atoms with Gasteiger partial charge >= 0.3 is 0 Å². The van der Waals surface area contributed by atoms with Crippen molar-refractivity contribution in [1.82, 2.24) is 0 Å². The summed E-state index contributed by atoms with van der Waals surface area (Å²) in [6.07, 6.45) is -0.734. The third-order valence-corrected chi connectivity index (χ3v) is 1.05. The van der Waals surface area contributed by atoms with E-state index in [0.29, 0.717) is 5.75 Å². The molecule has 0 saturated carbocycles. The molecule has 0 spiro atoms. The molecule has 0 aliphatic carbocycles. The van der Waals surface area contributed by atoms with E-state index < -0.39 is 6.29 Å². The third-order valence-electron chi connectivity index (χ3n) is 1.05. The highest BCUT2D eigenvalue weighted by molar-refractivity contribution is 5.20. The highest BCUT2D eigenvalue weighted by Gasteiger charge is 1.94. The van der Waals surface area contributed by atoms with Gasteiger partial charge in [0.05, 0.1) is 0 Å². The fraction of sp³-hybridized carbons (Fsp3) is 0.222. The van der Waals surface area contributed by atoms with Gasteiger partial charge in [0.2, 0.25) is 0 Å². The van der Waals surface area contributed by atoms with Gasteiger partial charge in [-0.05, 0) is 19.1 Å². The number of para-hydroxylation sites is 1. The van der Waals surface area contributed by atoms with E-state index in [-0.39, 0.29) is 7.43 Å². The van der Waals surface area contributed by atoms with Gasteiger partial charge in [-0.1, -0.05) is 25.6 Å². The molecule has 2 heteroatoms. The van der Waals surface area contributed by atoms with Gasteiger partial charge in [0, 0.05) is 0 Å². The zero-order valence-electron chi connectivity index (χ0n) is 6.82. The molecule has 1 aromatic carbocycles. The quantitative estimate of drug-likeness (QED) is 0.657. The highest BCUT2D eigenvalue weighted by atomic mass is 16.6. The molecule has 0 amide bonds. The van der Waals surface area contributed by atoms with Crippen LogP contribution in [-0.4, -0.2) is 11.4 Å². The van der Waals surface area contributed by atoms with Crippen LogP contribution in [0.2, 0.25) is 0 Å². The van der Waals surface area contributed by atoms with Crippen molar-refractivity contribution in [2.45, 2.75) is 13.2 Å². The Morgan fingerprint density at radius 2 is 1.82 bits per heavy atom. The van der Waals surface area contributed by atoms with Crippen molar-refractivity contribution in [3.05, 3.63) is 37.8 Å². The van der Waals surface area contributed by atoms with E-state index in [1.807, 2.05) is 18.2 Å². The first kappa shape index (κ1) is 9.98. The van der Waals surface area contributed by atoms with Crippen LogP contribution >= 0.6 is 0 Å². The molecule has 1 N–H and O–H groups in total. The van der Waals surface area contributed by atoms with Crippen molar-refractivity contribution in [3.8, 4) is 5.75 Å². The first-order valence-corrected chi connectivity index (χ1v) is 3.19. The fourth-order valence-electron chi connectivity index (χ4n) is 0.696. The second kappa shape index (κ2) is 4.74. The predicted molar refractivity (Wildman–Crippen MR) is 45.2 cm³/mol. The smallest absolute Gasteiger partial charge is 0.194 e. The largest absolute Gasteiger partial charge is 0.465 e. The van der Waals surface area contributed by atoms with Crippen LogP contribution < -0.4 is 4.74 Å². The Labute approximate surface area is 67.4 Å². The SMILES string of the molecule is CC(O)Oc1ccccc1.[CH3]. The van der Waals surface area contributed by atoms with Crippen LogP contribution in [0.25, 0.3) is 0 Å². The van der Waals surface area contributed by atoms with Gasteiger partial charge in [-0.15, -0.1) is 0 Å². The summed E-state index contributed by atoms with van der Waals surface area (Å²) in [4.78, 5) is 0. The number of hydrogen-bond donors (Lipinski definition) is 1. The van der Waals surface area contributed by atoms with Crippen LogP contribution in [0.4, 0.5) is 0 Å². The average Bonchev–Trinajstić information content (AvgIpc) is 1.88. The maximum Gasteiger partial charge on any atom is 0.194 e. The lowest BCUT2D eigenvalue weighted by atomic mass is 10.3. The van der Waals surface area contributed by atoms with Crippen LogP contribution in [0.1, 0.15) is 6.92 Å². The zero-order valence-corrected chi connectivity index (χ0v) is 6.82. The molecule has 0 heterocycles. The Bertz CT molecular complexity index is 182. The van der Waals surface area contributed by atoms with E-state index in [0.717, 1.165) is 0 Å². The Hall–Kier alpha value is -1.02. The monoisotopic (exact) mass is 153 g/mol. The van der Waals surface area contributed by atoms with Gasteiger partial charge in [-0.25, -0.2) is 0 Å². The minimum Gasteiger partial charge on any atom is -0.465 e. The summed E-state index contributed by atoms with van der Waals surface area (Å²) in [7, 11) is 0. The molecular formula is C9H13O2. The molecule has 0 saturated heterocycles. The molecule has 0 fully saturated rings. The molecule has 0 aromatic heterocycles. The lowest BCUT2D eigenvalue weighted by Gasteiger charge is -2.06. The first-order valence-electron chi connectivity index (χ1n) is 3.19. The van der Waals surface area contributed by atoms with Crippen molar-refractivity contribution >= 4 is 0 Å². The van der Waals surface area contributed by atoms with E-state index in [4.69, 9.17) is 9.84 Å². The number of rotatable bonds is 2. The lowest BCUT2D eigenvalue weighted by molar-refractivity contribution is -0.000286. The minimum atomic E-state index is -0.734. The van der Waals surface area contributed by atoms with Crippen molar-refractivity contribution in [1.29, 1.82) is 0 Å². The van der Waals surface area contributed by atoms with Crippen LogP contribution in [0.5, 0.6) is 5.75 Å². The predicted octanol–water partition coefficient (Wildman–Crippen LogP) is 1.85. The van der Waals surface area contributed by atoms with E-state index in [1.54, 1.807) is 19.1 Å². The summed E-state index contributed by atoms with van der Waals surface area (Å²) >= 11 is 0. The van der Waals surface area contributed by atoms with E-state index in [2.05, 4.69) is 0 Å². The van der Waals surface area contributed by atoms with Crippen LogP contribution in [0.15, 0.2) is 30.3 Å². The molecule has 1 atom stereocenters. The molecule has 0 aliphatic heterocycles. The number of ether oxygens (including phenoxy) is 1. The minimum absolute atomic E-state index is 0. The van der Waals surface area contributed by atoms with Crippen LogP contribution in [-0.2, 0) is 0 Å². The molecule has 1 unspecified atom stereocenters. The summed E-state index contributed by atoms with van der Waals surface area (Å²) in [5.74, 6) is 0.692. The molecule has 1 radical (unpaired) electrons. The average molecular weight is 153 g/mol. The highest BCUT2D eigenvalue weighted by Crippen LogP contribution is 2.08. The van der Waals surface area contributed by atoms with Crippen molar-refractivity contribution in [3.63, 3.8) is 0 Å².